The third-order valence-electron chi connectivity index (χ3n) is 2.59. The van der Waals surface area contributed by atoms with Gasteiger partial charge in [0.15, 0.2) is 0 Å². The minimum absolute atomic E-state index is 0.108. The second-order valence-electron chi connectivity index (χ2n) is 3.99. The highest BCUT2D eigenvalue weighted by atomic mass is 19.3. The summed E-state index contributed by atoms with van der Waals surface area (Å²) in [5.41, 5.74) is 1.01. The molecule has 0 bridgehead atoms. The molecule has 20 heavy (non-hydrogen) atoms. The highest BCUT2D eigenvalue weighted by molar-refractivity contribution is 5.89. The van der Waals surface area contributed by atoms with Gasteiger partial charge in [0.2, 0.25) is 5.88 Å². The number of hydrogen-bond acceptors (Lipinski definition) is 5. The molecule has 1 heterocycles. The molecule has 2 rings (SSSR count). The Morgan fingerprint density at radius 2 is 2.05 bits per heavy atom. The van der Waals surface area contributed by atoms with E-state index in [0.29, 0.717) is 18.2 Å². The van der Waals surface area contributed by atoms with Gasteiger partial charge in [-0.1, -0.05) is 6.07 Å². The van der Waals surface area contributed by atoms with Crippen molar-refractivity contribution in [1.29, 1.82) is 0 Å². The fraction of sp³-hybridized carbons (Fsp3) is 0.143. The SMILES string of the molecule is CNCc1cccnc1Oc1ccc(C(=O)OF)cc1. The van der Waals surface area contributed by atoms with Crippen molar-refractivity contribution in [2.24, 2.45) is 0 Å². The lowest BCUT2D eigenvalue weighted by Crippen LogP contribution is -2.07. The van der Waals surface area contributed by atoms with Crippen LogP contribution in [-0.2, 0) is 11.5 Å². The molecule has 1 aromatic carbocycles. The Morgan fingerprint density at radius 3 is 2.70 bits per heavy atom. The topological polar surface area (TPSA) is 60.5 Å². The summed E-state index contributed by atoms with van der Waals surface area (Å²) in [5.74, 6) is -0.0654. The molecule has 6 heteroatoms. The molecule has 0 saturated carbocycles. The van der Waals surface area contributed by atoms with Crippen LogP contribution in [0.2, 0.25) is 0 Å². The van der Waals surface area contributed by atoms with Gasteiger partial charge in [-0.3, -0.25) is 0 Å². The molecule has 1 N–H and O–H groups in total. The molecule has 0 amide bonds. The van der Waals surface area contributed by atoms with E-state index in [1.807, 2.05) is 19.2 Å². The Bertz CT molecular complexity index is 587. The maximum Gasteiger partial charge on any atom is 0.379 e. The number of halogens is 1. The zero-order chi connectivity index (χ0) is 14.4. The highest BCUT2D eigenvalue weighted by Gasteiger charge is 2.09. The van der Waals surface area contributed by atoms with Gasteiger partial charge in [0.05, 0.1) is 5.56 Å². The highest BCUT2D eigenvalue weighted by Crippen LogP contribution is 2.23. The predicted molar refractivity (Wildman–Crippen MR) is 70.0 cm³/mol. The van der Waals surface area contributed by atoms with Crippen molar-refractivity contribution in [2.75, 3.05) is 7.05 Å². The first-order chi connectivity index (χ1) is 9.74. The van der Waals surface area contributed by atoms with Gasteiger partial charge in [-0.25, -0.2) is 14.7 Å². The minimum Gasteiger partial charge on any atom is -0.439 e. The minimum atomic E-state index is -1.04. The van der Waals surface area contributed by atoms with Gasteiger partial charge < -0.3 is 10.1 Å². The van der Waals surface area contributed by atoms with Crippen LogP contribution >= 0.6 is 0 Å². The number of carbonyl (C=O) groups is 1. The van der Waals surface area contributed by atoms with E-state index < -0.39 is 5.97 Å². The van der Waals surface area contributed by atoms with Gasteiger partial charge in [-0.2, -0.15) is 0 Å². The zero-order valence-corrected chi connectivity index (χ0v) is 10.8. The molecular formula is C14H13FN2O3. The molecule has 0 aliphatic rings. The van der Waals surface area contributed by atoms with Gasteiger partial charge in [-0.15, -0.1) is 0 Å². The Kier molecular flexibility index (Phi) is 4.62. The van der Waals surface area contributed by atoms with Crippen molar-refractivity contribution in [3.05, 3.63) is 53.7 Å². The lowest BCUT2D eigenvalue weighted by Gasteiger charge is -2.09. The lowest BCUT2D eigenvalue weighted by molar-refractivity contribution is -0.0788. The summed E-state index contributed by atoms with van der Waals surface area (Å²) in [7, 11) is 1.83. The van der Waals surface area contributed by atoms with E-state index in [9.17, 15) is 9.32 Å². The van der Waals surface area contributed by atoms with Gasteiger partial charge >= 0.3 is 5.97 Å². The van der Waals surface area contributed by atoms with Crippen molar-refractivity contribution < 1.29 is 19.0 Å². The van der Waals surface area contributed by atoms with E-state index in [2.05, 4.69) is 15.2 Å². The maximum absolute atomic E-state index is 11.8. The predicted octanol–water partition coefficient (Wildman–Crippen LogP) is 2.63. The summed E-state index contributed by atoms with van der Waals surface area (Å²) in [5, 5.41) is 3.02. The summed E-state index contributed by atoms with van der Waals surface area (Å²) >= 11 is 0. The largest absolute Gasteiger partial charge is 0.439 e. The maximum atomic E-state index is 11.8. The third-order valence-corrected chi connectivity index (χ3v) is 2.59. The second-order valence-corrected chi connectivity index (χ2v) is 3.99. The first-order valence-corrected chi connectivity index (χ1v) is 5.94. The number of aromatic nitrogens is 1. The summed E-state index contributed by atoms with van der Waals surface area (Å²) in [4.78, 5) is 18.3. The molecule has 0 spiro atoms. The van der Waals surface area contributed by atoms with Crippen LogP contribution in [0.15, 0.2) is 42.6 Å². The van der Waals surface area contributed by atoms with Crippen LogP contribution in [0.25, 0.3) is 0 Å². The molecule has 2 aromatic rings. The number of benzene rings is 1. The van der Waals surface area contributed by atoms with Crippen molar-refractivity contribution in [3.8, 4) is 11.6 Å². The number of nitrogens with one attached hydrogen (secondary N) is 1. The Labute approximate surface area is 115 Å². The number of rotatable bonds is 5. The average molecular weight is 276 g/mol. The number of hydrogen-bond donors (Lipinski definition) is 1. The number of carbonyl (C=O) groups excluding carboxylic acids is 1. The molecule has 0 atom stereocenters. The molecule has 0 fully saturated rings. The molecule has 1 aromatic heterocycles. The quantitative estimate of drug-likeness (QED) is 0.909. The zero-order valence-electron chi connectivity index (χ0n) is 10.8. The molecular weight excluding hydrogens is 263 g/mol. The Balaban J connectivity index is 2.16. The van der Waals surface area contributed by atoms with Crippen LogP contribution in [0.3, 0.4) is 0 Å². The number of nitrogens with zero attached hydrogens (tertiary/aromatic N) is 1. The van der Waals surface area contributed by atoms with Gasteiger partial charge in [0, 0.05) is 22.8 Å². The van der Waals surface area contributed by atoms with Crippen molar-refractivity contribution in [2.45, 2.75) is 6.54 Å². The van der Waals surface area contributed by atoms with E-state index in [1.165, 1.54) is 12.1 Å². The molecule has 5 nitrogen and oxygen atoms in total. The van der Waals surface area contributed by atoms with Gasteiger partial charge in [0.1, 0.15) is 5.75 Å². The summed E-state index contributed by atoms with van der Waals surface area (Å²) in [6.45, 7) is 0.620. The second kappa shape index (κ2) is 6.63. The molecule has 0 aliphatic carbocycles. The Morgan fingerprint density at radius 1 is 1.30 bits per heavy atom. The normalized spacial score (nSPS) is 10.1. The van der Waals surface area contributed by atoms with E-state index in [1.54, 1.807) is 18.3 Å². The standard InChI is InChI=1S/C14H13FN2O3/c1-16-9-11-3-2-8-17-13(11)19-12-6-4-10(5-7-12)14(18)20-15/h2-8,16H,9H2,1H3. The van der Waals surface area contributed by atoms with Crippen LogP contribution in [0.5, 0.6) is 11.6 Å². The first kappa shape index (κ1) is 14.0. The molecule has 104 valence electrons. The monoisotopic (exact) mass is 276 g/mol. The van der Waals surface area contributed by atoms with Gasteiger partial charge in [-0.05, 0) is 37.4 Å². The molecule has 0 saturated heterocycles. The van der Waals surface area contributed by atoms with E-state index in [-0.39, 0.29) is 5.56 Å². The average Bonchev–Trinajstić information content (AvgIpc) is 2.49. The van der Waals surface area contributed by atoms with Crippen molar-refractivity contribution in [3.63, 3.8) is 0 Å². The van der Waals surface area contributed by atoms with Crippen LogP contribution in [0.1, 0.15) is 15.9 Å². The lowest BCUT2D eigenvalue weighted by atomic mass is 10.2. The summed E-state index contributed by atoms with van der Waals surface area (Å²) < 4.78 is 17.4. The van der Waals surface area contributed by atoms with Crippen molar-refractivity contribution in [1.82, 2.24) is 10.3 Å². The third kappa shape index (κ3) is 3.30. The molecule has 0 unspecified atom stereocenters. The fourth-order valence-electron chi connectivity index (χ4n) is 1.66. The van der Waals surface area contributed by atoms with Crippen LogP contribution in [-0.4, -0.2) is 18.0 Å². The van der Waals surface area contributed by atoms with Gasteiger partial charge in [0.25, 0.3) is 0 Å². The first-order valence-electron chi connectivity index (χ1n) is 5.94. The van der Waals surface area contributed by atoms with Crippen LogP contribution in [0.4, 0.5) is 4.53 Å². The fourth-order valence-corrected chi connectivity index (χ4v) is 1.66. The molecule has 0 aliphatic heterocycles. The van der Waals surface area contributed by atoms with E-state index in [4.69, 9.17) is 4.74 Å². The Hall–Kier alpha value is -2.47. The van der Waals surface area contributed by atoms with Crippen LogP contribution in [0, 0.1) is 0 Å². The summed E-state index contributed by atoms with van der Waals surface area (Å²) in [6, 6.07) is 9.64. The van der Waals surface area contributed by atoms with Crippen molar-refractivity contribution >= 4 is 5.97 Å². The van der Waals surface area contributed by atoms with Crippen LogP contribution < -0.4 is 10.1 Å². The number of pyridine rings is 1. The smallest absolute Gasteiger partial charge is 0.379 e. The number of ether oxygens (including phenoxy) is 1. The van der Waals surface area contributed by atoms with E-state index in [0.717, 1.165) is 5.56 Å². The van der Waals surface area contributed by atoms with E-state index >= 15 is 0 Å². The summed E-state index contributed by atoms with van der Waals surface area (Å²) in [6.07, 6.45) is 1.63. The molecule has 0 radical (unpaired) electrons.